The third-order valence-corrected chi connectivity index (χ3v) is 26.6. The molecule has 3 aromatic carbocycles. The maximum atomic E-state index is 13.1. The lowest BCUT2D eigenvalue weighted by Gasteiger charge is -2.37. The summed E-state index contributed by atoms with van der Waals surface area (Å²) in [5, 5.41) is 9.02. The Hall–Kier alpha value is -5.16. The maximum Gasteiger partial charge on any atom is 0.416 e. The van der Waals surface area contributed by atoms with Gasteiger partial charge < -0.3 is 26.0 Å². The van der Waals surface area contributed by atoms with Crippen LogP contribution in [0.4, 0.5) is 39.5 Å². The summed E-state index contributed by atoms with van der Waals surface area (Å²) in [4.78, 5) is 59.6. The van der Waals surface area contributed by atoms with Crippen LogP contribution >= 0.6 is 12.4 Å². The van der Waals surface area contributed by atoms with Crippen molar-refractivity contribution in [2.24, 2.45) is 22.3 Å². The van der Waals surface area contributed by atoms with Crippen molar-refractivity contribution in [1.29, 1.82) is 0 Å². The molecule has 0 radical (unpaired) electrons. The summed E-state index contributed by atoms with van der Waals surface area (Å²) in [5.74, 6) is -1.42. The number of alkyl halides is 9. The number of halogens is 10. The molecule has 0 aromatic heterocycles. The SMILES string of the molecule is CC(C)(C)OC(=O)CC1(CC(=O)CCCC(C)(C)S(=O)(=O)c2cccc(C(F)(F)F)c2)CCCCC1.CC(C)(C)OC(=O)CC1(CC(=O)O)CCCCC1.CC(C)(CCCC(=O)CC1(N)CCCCC1)S(=O)(=O)c1cccc(C(F)(F)F)c1.CC(C)(CCN)S(=O)(=O)c1cccc(C(F)(F)F)c1.Cl. The molecule has 5 N–H and O–H groups in total. The average molecular weight is 1550 g/mol. The second-order valence-electron chi connectivity index (χ2n) is 31.7. The molecule has 3 aliphatic carbocycles. The highest BCUT2D eigenvalue weighted by molar-refractivity contribution is 7.93. The van der Waals surface area contributed by atoms with Crippen LogP contribution in [0.15, 0.2) is 87.5 Å². The van der Waals surface area contributed by atoms with Gasteiger partial charge in [-0.2, -0.15) is 39.5 Å². The van der Waals surface area contributed by atoms with Crippen LogP contribution in [0.5, 0.6) is 0 Å². The monoisotopic (exact) mass is 1550 g/mol. The number of sulfone groups is 3. The number of rotatable bonds is 26. The third kappa shape index (κ3) is 29.8. The largest absolute Gasteiger partial charge is 0.481 e. The van der Waals surface area contributed by atoms with E-state index in [1.807, 2.05) is 20.8 Å². The Balaban J connectivity index is 0.000000484. The van der Waals surface area contributed by atoms with Gasteiger partial charge in [-0.05, 0) is 226 Å². The highest BCUT2D eigenvalue weighted by Crippen LogP contribution is 2.46. The van der Waals surface area contributed by atoms with E-state index in [0.29, 0.717) is 31.0 Å². The highest BCUT2D eigenvalue weighted by Gasteiger charge is 2.44. The van der Waals surface area contributed by atoms with Crippen molar-refractivity contribution < 1.29 is 103 Å². The minimum atomic E-state index is -4.64. The Bertz CT molecular complexity index is 3640. The normalized spacial score (nSPS) is 16.8. The first-order chi connectivity index (χ1) is 46.4. The predicted octanol–water partition coefficient (Wildman–Crippen LogP) is 18.3. The predicted molar refractivity (Wildman–Crippen MR) is 380 cm³/mol. The molecule has 0 atom stereocenters. The van der Waals surface area contributed by atoms with Gasteiger partial charge in [-0.3, -0.25) is 24.0 Å². The molecule has 0 spiro atoms. The standard InChI is InChI=1S/C27H39F3O5S.C21H30F3NO3S.C14H24O4.C12H16F3NO2S.ClH/c1-24(2,3)35-23(32)19-26(15-7-6-8-16-26)18-21(31)12-10-14-25(4,5)36(33,34)22-13-9-11-20(17-22)27(28,29)30;1-19(2,11-7-9-17(26)15-20(25)12-4-3-5-13-20)29(27,28)18-10-6-8-16(14-18)21(22,23)24;1-13(2,3)18-12(17)10-14(9-11(15)16)7-5-4-6-8-14;1-11(2,6-7-16)19(17,18)10-5-3-4-9(8-10)12(13,14)15;/h9,11,13,17H,6-8,10,12,14-16,18-19H2,1-5H3;6,8,10,14H,3-5,7,9,11-13,15,25H2,1-2H3;4-10H2,1-3H3,(H,15,16);3-5,8H,6-7,16H2,1-2H3;1H. The third-order valence-electron chi connectivity index (χ3n) is 19.0. The zero-order valence-electron chi connectivity index (χ0n) is 61.7. The summed E-state index contributed by atoms with van der Waals surface area (Å²) in [6.45, 7) is 19.9. The van der Waals surface area contributed by atoms with Crippen LogP contribution in [0, 0.1) is 10.8 Å². The second kappa shape index (κ2) is 37.6. The van der Waals surface area contributed by atoms with Crippen LogP contribution in [0.25, 0.3) is 0 Å². The maximum absolute atomic E-state index is 13.1. The number of aliphatic carboxylic acids is 1. The molecule has 0 aliphatic heterocycles. The number of ketones is 2. The van der Waals surface area contributed by atoms with Gasteiger partial charge in [-0.1, -0.05) is 76.0 Å². The van der Waals surface area contributed by atoms with E-state index in [9.17, 15) is 88.7 Å². The Labute approximate surface area is 610 Å². The van der Waals surface area contributed by atoms with Gasteiger partial charge in [0.25, 0.3) is 0 Å². The average Bonchev–Trinajstić information content (AvgIpc) is 0.788. The van der Waals surface area contributed by atoms with Gasteiger partial charge in [0.05, 0.1) is 64.9 Å². The number of carboxylic acid groups (broad SMARTS) is 1. The van der Waals surface area contributed by atoms with E-state index in [4.69, 9.17) is 26.0 Å². The number of nitrogens with two attached hydrogens (primary N) is 2. The Morgan fingerprint density at radius 2 is 0.709 bits per heavy atom. The number of hydrogen-bond donors (Lipinski definition) is 3. The first-order valence-electron chi connectivity index (χ1n) is 34.8. The first-order valence-corrected chi connectivity index (χ1v) is 39.3. The van der Waals surface area contributed by atoms with Crippen LogP contribution in [-0.4, -0.2) is 97.4 Å². The fourth-order valence-corrected chi connectivity index (χ4v) is 17.9. The van der Waals surface area contributed by atoms with Crippen molar-refractivity contribution in [3.8, 4) is 0 Å². The molecule has 0 bridgehead atoms. The number of hydrogen-bond acceptors (Lipinski definition) is 15. The van der Waals surface area contributed by atoms with Crippen LogP contribution in [0.1, 0.15) is 273 Å². The molecule has 0 amide bonds. The number of carboxylic acids is 1. The van der Waals surface area contributed by atoms with E-state index in [2.05, 4.69) is 0 Å². The summed E-state index contributed by atoms with van der Waals surface area (Å²) in [6.07, 6.45) is 2.80. The molecule has 3 fully saturated rings. The molecule has 3 saturated carbocycles. The minimum absolute atomic E-state index is 0. The molecular formula is C74H110ClF9N2O14S3. The zero-order chi connectivity index (χ0) is 78.0. The second-order valence-corrected chi connectivity index (χ2v) is 39.4. The number of ether oxygens (including phenoxy) is 2. The fourth-order valence-electron chi connectivity index (χ4n) is 13.2. The molecule has 3 aliphatic rings. The van der Waals surface area contributed by atoms with E-state index in [-0.39, 0.29) is 127 Å². The number of carbonyl (C=O) groups is 5. The lowest BCUT2D eigenvalue weighted by molar-refractivity contribution is -0.160. The van der Waals surface area contributed by atoms with E-state index >= 15 is 0 Å². The van der Waals surface area contributed by atoms with E-state index < -0.39 is 107 Å². The van der Waals surface area contributed by atoms with Gasteiger partial charge in [0.15, 0.2) is 29.5 Å². The molecule has 16 nitrogen and oxygen atoms in total. The molecule has 0 heterocycles. The smallest absolute Gasteiger partial charge is 0.416 e. The van der Waals surface area contributed by atoms with Crippen LogP contribution in [-0.2, 0) is 81.5 Å². The lowest BCUT2D eigenvalue weighted by Crippen LogP contribution is -2.43. The number of Topliss-reactive ketones (excluding diaryl/α,β-unsaturated/α-hetero) is 2. The van der Waals surface area contributed by atoms with E-state index in [0.717, 1.165) is 133 Å². The van der Waals surface area contributed by atoms with Crippen molar-refractivity contribution in [1.82, 2.24) is 0 Å². The van der Waals surface area contributed by atoms with Gasteiger partial charge >= 0.3 is 36.4 Å². The van der Waals surface area contributed by atoms with Crippen molar-refractivity contribution in [3.05, 3.63) is 89.5 Å². The van der Waals surface area contributed by atoms with Crippen molar-refractivity contribution in [3.63, 3.8) is 0 Å². The molecule has 103 heavy (non-hydrogen) atoms. The molecule has 588 valence electrons. The van der Waals surface area contributed by atoms with Crippen LogP contribution in [0.3, 0.4) is 0 Å². The van der Waals surface area contributed by atoms with E-state index in [1.54, 1.807) is 20.8 Å². The first kappa shape index (κ1) is 93.9. The minimum Gasteiger partial charge on any atom is -0.481 e. The van der Waals surface area contributed by atoms with Crippen molar-refractivity contribution >= 4 is 71.4 Å². The van der Waals surface area contributed by atoms with Gasteiger partial charge in [0.1, 0.15) is 22.8 Å². The quantitative estimate of drug-likeness (QED) is 0.0497. The topological polar surface area (TPSA) is 278 Å². The molecule has 0 unspecified atom stereocenters. The van der Waals surface area contributed by atoms with Crippen LogP contribution < -0.4 is 11.5 Å². The van der Waals surface area contributed by atoms with E-state index in [1.165, 1.54) is 59.7 Å². The molecule has 0 saturated heterocycles. The number of benzene rings is 3. The lowest BCUT2D eigenvalue weighted by atomic mass is 9.68. The summed E-state index contributed by atoms with van der Waals surface area (Å²) >= 11 is 0. The zero-order valence-corrected chi connectivity index (χ0v) is 64.9. The molecular weight excluding hydrogens is 1440 g/mol. The number of carbonyl (C=O) groups excluding carboxylic acids is 4. The van der Waals surface area contributed by atoms with Gasteiger partial charge in [0.2, 0.25) is 0 Å². The molecule has 3 aromatic rings. The van der Waals surface area contributed by atoms with Crippen molar-refractivity contribution in [2.45, 2.75) is 321 Å². The molecule has 6 rings (SSSR count). The Morgan fingerprint density at radius 3 is 0.990 bits per heavy atom. The number of esters is 2. The van der Waals surface area contributed by atoms with Crippen molar-refractivity contribution in [2.75, 3.05) is 6.54 Å². The van der Waals surface area contributed by atoms with Gasteiger partial charge in [0, 0.05) is 31.2 Å². The summed E-state index contributed by atoms with van der Waals surface area (Å²) in [6, 6.07) is 11.3. The Kier molecular flexibility index (Phi) is 34.3. The molecule has 29 heteroatoms. The highest BCUT2D eigenvalue weighted by atomic mass is 35.5. The Morgan fingerprint density at radius 1 is 0.427 bits per heavy atom. The summed E-state index contributed by atoms with van der Waals surface area (Å²) in [7, 11) is -11.9. The van der Waals surface area contributed by atoms with Gasteiger partial charge in [-0.15, -0.1) is 12.4 Å². The van der Waals surface area contributed by atoms with Gasteiger partial charge in [-0.25, -0.2) is 25.3 Å². The van der Waals surface area contributed by atoms with Crippen LogP contribution in [0.2, 0.25) is 0 Å². The summed E-state index contributed by atoms with van der Waals surface area (Å²) < 4.78 is 199. The summed E-state index contributed by atoms with van der Waals surface area (Å²) in [5.41, 5.74) is 6.29. The fraction of sp³-hybridized carbons (Fsp3) is 0.689.